The lowest BCUT2D eigenvalue weighted by Crippen LogP contribution is -2.58. The van der Waals surface area contributed by atoms with E-state index < -0.39 is 18.1 Å². The van der Waals surface area contributed by atoms with Crippen LogP contribution in [0.3, 0.4) is 0 Å². The summed E-state index contributed by atoms with van der Waals surface area (Å²) in [5, 5.41) is 1.29. The molecule has 2 unspecified atom stereocenters. The predicted octanol–water partition coefficient (Wildman–Crippen LogP) is -0.392. The van der Waals surface area contributed by atoms with Gasteiger partial charge in [-0.05, 0) is 5.19 Å². The molecule has 0 radical (unpaired) electrons. The van der Waals surface area contributed by atoms with Gasteiger partial charge in [0.15, 0.2) is 0 Å². The fourth-order valence-corrected chi connectivity index (χ4v) is 5.80. The molecule has 0 aliphatic heterocycles. The Morgan fingerprint density at radius 2 is 1.47 bits per heavy atom. The minimum Gasteiger partial charge on any atom is -0.410 e. The molecule has 0 fully saturated rings. The smallest absolute Gasteiger partial charge is 0.410 e. The zero-order valence-corrected chi connectivity index (χ0v) is 12.7. The van der Waals surface area contributed by atoms with Crippen LogP contribution < -0.4 is 10.4 Å². The lowest BCUT2D eigenvalue weighted by molar-refractivity contribution is 0.201. The van der Waals surface area contributed by atoms with Gasteiger partial charge >= 0.3 is 18.1 Å². The van der Waals surface area contributed by atoms with Gasteiger partial charge in [-0.25, -0.2) is 0 Å². The van der Waals surface area contributed by atoms with Gasteiger partial charge in [-0.15, -0.1) is 0 Å². The van der Waals surface area contributed by atoms with E-state index in [1.54, 1.807) is 36.4 Å². The normalized spacial score (nSPS) is 15.7. The van der Waals surface area contributed by atoms with Crippen LogP contribution in [0.25, 0.3) is 0 Å². The van der Waals surface area contributed by atoms with Crippen LogP contribution in [0.5, 0.6) is 0 Å². The molecule has 2 rings (SSSR count). The third-order valence-corrected chi connectivity index (χ3v) is 7.51. The summed E-state index contributed by atoms with van der Waals surface area (Å²) in [4.78, 5) is 20.7. The van der Waals surface area contributed by atoms with Gasteiger partial charge in [0.2, 0.25) is 0 Å². The maximum atomic E-state index is 10.5. The maximum Gasteiger partial charge on any atom is 0.525 e. The average molecular weight is 292 g/mol. The first-order chi connectivity index (χ1) is 9.15. The van der Waals surface area contributed by atoms with E-state index in [1.165, 1.54) is 7.11 Å². The number of hydrogen-bond donors (Lipinski definition) is 2. The molecule has 0 saturated heterocycles. The van der Waals surface area contributed by atoms with Crippen LogP contribution in [0.2, 0.25) is 0 Å². The summed E-state index contributed by atoms with van der Waals surface area (Å²) in [6.45, 7) is 0. The molecule has 100 valence electrons. The van der Waals surface area contributed by atoms with Crippen molar-refractivity contribution in [2.75, 3.05) is 7.11 Å². The van der Waals surface area contributed by atoms with Crippen LogP contribution >= 0.6 is 0 Å². The molecule has 0 aliphatic rings. The average Bonchev–Trinajstić information content (AvgIpc) is 2.49. The van der Waals surface area contributed by atoms with Crippen molar-refractivity contribution in [3.8, 4) is 0 Å². The molecule has 0 aliphatic carbocycles. The topological polar surface area (TPSA) is 58.9 Å². The predicted molar refractivity (Wildman–Crippen MR) is 77.6 cm³/mol. The van der Waals surface area contributed by atoms with Crippen LogP contribution in [0.1, 0.15) is 0 Å². The fourth-order valence-electron chi connectivity index (χ4n) is 1.72. The highest BCUT2D eigenvalue weighted by atomic mass is 28.4. The Labute approximate surface area is 115 Å². The third-order valence-electron chi connectivity index (χ3n) is 2.77. The molecule has 0 amide bonds. The Kier molecular flexibility index (Phi) is 4.64. The van der Waals surface area contributed by atoms with Gasteiger partial charge in [-0.1, -0.05) is 60.7 Å². The van der Waals surface area contributed by atoms with Crippen molar-refractivity contribution in [3.05, 3.63) is 60.7 Å². The van der Waals surface area contributed by atoms with E-state index in [1.807, 2.05) is 24.3 Å². The molecule has 0 heterocycles. The Bertz CT molecular complexity index is 509. The molecule has 2 aromatic carbocycles. The standard InChI is InChI=1S/C13H16O4Si2/c1-16-19(15,13-10-6-3-7-11-13)17-18(14)12-8-4-2-5-9-12/h2-11,14-15,18H,1H3. The van der Waals surface area contributed by atoms with Crippen molar-refractivity contribution in [2.45, 2.75) is 0 Å². The highest BCUT2D eigenvalue weighted by Crippen LogP contribution is 2.04. The minimum atomic E-state index is -3.53. The second kappa shape index (κ2) is 6.24. The van der Waals surface area contributed by atoms with Crippen molar-refractivity contribution < 1.29 is 18.1 Å². The zero-order valence-electron chi connectivity index (χ0n) is 10.6. The summed E-state index contributed by atoms with van der Waals surface area (Å²) in [5.74, 6) is 0. The highest BCUT2D eigenvalue weighted by molar-refractivity contribution is 6.81. The SMILES string of the molecule is CO[Si](O)(O[SiH](O)c1ccccc1)c1ccccc1. The van der Waals surface area contributed by atoms with Crippen molar-refractivity contribution >= 4 is 28.5 Å². The molecule has 2 N–H and O–H groups in total. The summed E-state index contributed by atoms with van der Waals surface area (Å²) < 4.78 is 10.7. The van der Waals surface area contributed by atoms with Crippen LogP contribution in [0.15, 0.2) is 60.7 Å². The van der Waals surface area contributed by atoms with E-state index in [4.69, 9.17) is 8.54 Å². The van der Waals surface area contributed by atoms with E-state index in [0.717, 1.165) is 0 Å². The first-order valence-electron chi connectivity index (χ1n) is 5.89. The van der Waals surface area contributed by atoms with Crippen molar-refractivity contribution in [3.63, 3.8) is 0 Å². The number of rotatable bonds is 5. The largest absolute Gasteiger partial charge is 0.525 e. The van der Waals surface area contributed by atoms with Gasteiger partial charge in [0, 0.05) is 12.3 Å². The summed E-state index contributed by atoms with van der Waals surface area (Å²) in [5.41, 5.74) is 0. The molecular formula is C13H16O4Si2. The first kappa shape index (κ1) is 14.1. The van der Waals surface area contributed by atoms with Gasteiger partial charge in [0.05, 0.1) is 0 Å². The third kappa shape index (κ3) is 3.38. The Morgan fingerprint density at radius 1 is 0.947 bits per heavy atom. The Hall–Kier alpha value is -1.29. The van der Waals surface area contributed by atoms with E-state index in [2.05, 4.69) is 0 Å². The molecule has 6 heteroatoms. The molecule has 0 aromatic heterocycles. The first-order valence-corrected chi connectivity index (χ1v) is 9.22. The van der Waals surface area contributed by atoms with Gasteiger partial charge in [-0.2, -0.15) is 0 Å². The molecular weight excluding hydrogens is 276 g/mol. The quantitative estimate of drug-likeness (QED) is 0.737. The van der Waals surface area contributed by atoms with Crippen molar-refractivity contribution in [2.24, 2.45) is 0 Å². The van der Waals surface area contributed by atoms with Crippen LogP contribution in [0.4, 0.5) is 0 Å². The van der Waals surface area contributed by atoms with Crippen molar-refractivity contribution in [1.29, 1.82) is 0 Å². The van der Waals surface area contributed by atoms with Crippen LogP contribution in [-0.2, 0) is 8.54 Å². The summed E-state index contributed by atoms with van der Waals surface area (Å²) in [6.07, 6.45) is 0. The van der Waals surface area contributed by atoms with Crippen LogP contribution in [-0.4, -0.2) is 34.8 Å². The minimum absolute atomic E-state index is 0.583. The maximum absolute atomic E-state index is 10.5. The molecule has 2 aromatic rings. The molecule has 4 nitrogen and oxygen atoms in total. The summed E-state index contributed by atoms with van der Waals surface area (Å²) >= 11 is 0. The lowest BCUT2D eigenvalue weighted by atomic mass is 10.4. The second-order valence-electron chi connectivity index (χ2n) is 4.03. The van der Waals surface area contributed by atoms with Crippen LogP contribution in [0, 0.1) is 0 Å². The second-order valence-corrected chi connectivity index (χ2v) is 8.50. The van der Waals surface area contributed by atoms with Gasteiger partial charge in [0.25, 0.3) is 0 Å². The molecule has 19 heavy (non-hydrogen) atoms. The Morgan fingerprint density at radius 3 is 2.00 bits per heavy atom. The number of hydrogen-bond acceptors (Lipinski definition) is 4. The lowest BCUT2D eigenvalue weighted by Gasteiger charge is -2.25. The molecule has 2 atom stereocenters. The molecule has 0 bridgehead atoms. The van der Waals surface area contributed by atoms with Gasteiger partial charge in [-0.3, -0.25) is 0 Å². The van der Waals surface area contributed by atoms with E-state index in [0.29, 0.717) is 10.4 Å². The monoisotopic (exact) mass is 292 g/mol. The summed E-state index contributed by atoms with van der Waals surface area (Å²) in [6, 6.07) is 18.0. The van der Waals surface area contributed by atoms with E-state index >= 15 is 0 Å². The van der Waals surface area contributed by atoms with Crippen molar-refractivity contribution in [1.82, 2.24) is 0 Å². The zero-order chi connectivity index (χ0) is 13.7. The molecule has 0 spiro atoms. The Balaban J connectivity index is 2.20. The van der Waals surface area contributed by atoms with Gasteiger partial charge < -0.3 is 18.1 Å². The number of benzene rings is 2. The fraction of sp³-hybridized carbons (Fsp3) is 0.0769. The van der Waals surface area contributed by atoms with E-state index in [9.17, 15) is 9.59 Å². The molecule has 0 saturated carbocycles. The highest BCUT2D eigenvalue weighted by Gasteiger charge is 2.41. The van der Waals surface area contributed by atoms with E-state index in [-0.39, 0.29) is 0 Å². The van der Waals surface area contributed by atoms with Gasteiger partial charge in [0.1, 0.15) is 0 Å². The summed E-state index contributed by atoms with van der Waals surface area (Å²) in [7, 11) is -4.83.